The van der Waals surface area contributed by atoms with Gasteiger partial charge in [0.15, 0.2) is 9.84 Å². The fourth-order valence-corrected chi connectivity index (χ4v) is 6.75. The van der Waals surface area contributed by atoms with Crippen molar-refractivity contribution in [2.24, 2.45) is 4.40 Å². The van der Waals surface area contributed by atoms with Crippen molar-refractivity contribution in [2.45, 2.75) is 42.7 Å². The quantitative estimate of drug-likeness (QED) is 0.287. The Labute approximate surface area is 231 Å². The van der Waals surface area contributed by atoms with Crippen molar-refractivity contribution in [2.75, 3.05) is 12.9 Å². The molecule has 0 spiro atoms. The van der Waals surface area contributed by atoms with Crippen LogP contribution in [0.2, 0.25) is 0 Å². The predicted molar refractivity (Wildman–Crippen MR) is 143 cm³/mol. The summed E-state index contributed by atoms with van der Waals surface area (Å²) in [5.41, 5.74) is 0.707. The normalized spacial score (nSPS) is 15.5. The van der Waals surface area contributed by atoms with E-state index in [1.807, 2.05) is 0 Å². The molecule has 0 saturated carbocycles. The second-order valence-electron chi connectivity index (χ2n) is 8.92. The van der Waals surface area contributed by atoms with Crippen LogP contribution in [-0.4, -0.2) is 69.5 Å². The molecule has 1 aromatic heterocycles. The Hall–Kier alpha value is -3.95. The van der Waals surface area contributed by atoms with Crippen molar-refractivity contribution in [1.82, 2.24) is 20.8 Å². The fraction of sp³-hybridized carbons (Fsp3) is 0.320. The van der Waals surface area contributed by atoms with E-state index in [1.165, 1.54) is 25.3 Å². The monoisotopic (exact) mass is 589 g/mol. The number of sulfonamides is 1. The first-order valence-corrected chi connectivity index (χ1v) is 15.4. The molecule has 2 heterocycles. The minimum absolute atomic E-state index is 0.0127. The Bertz CT molecular complexity index is 1640. The van der Waals surface area contributed by atoms with Crippen LogP contribution in [-0.2, 0) is 41.8 Å². The highest BCUT2D eigenvalue weighted by Crippen LogP contribution is 2.25. The SMILES string of the molecule is CC[C@H](NC(=O)[C@H](CS(=O)(=O)Cc1ccccc1)NC1=NS(=O)(=O)c2ccccc21)C(=O)c1nnc(COC)o1. The third kappa shape index (κ3) is 6.78. The molecule has 15 heteroatoms. The molecule has 1 aliphatic heterocycles. The number of amidine groups is 1. The van der Waals surface area contributed by atoms with Gasteiger partial charge in [-0.1, -0.05) is 49.4 Å². The van der Waals surface area contributed by atoms with E-state index >= 15 is 0 Å². The predicted octanol–water partition coefficient (Wildman–Crippen LogP) is 1.02. The highest BCUT2D eigenvalue weighted by atomic mass is 32.2. The van der Waals surface area contributed by atoms with E-state index in [0.29, 0.717) is 5.56 Å². The molecule has 2 atom stereocenters. The highest BCUT2D eigenvalue weighted by molar-refractivity contribution is 7.91. The van der Waals surface area contributed by atoms with Gasteiger partial charge in [-0.3, -0.25) is 9.59 Å². The Kier molecular flexibility index (Phi) is 8.76. The summed E-state index contributed by atoms with van der Waals surface area (Å²) in [6.45, 7) is 1.62. The van der Waals surface area contributed by atoms with Gasteiger partial charge in [0.1, 0.15) is 23.4 Å². The Morgan fingerprint density at radius 2 is 1.73 bits per heavy atom. The summed E-state index contributed by atoms with van der Waals surface area (Å²) >= 11 is 0. The molecule has 0 aliphatic carbocycles. The van der Waals surface area contributed by atoms with E-state index < -0.39 is 49.4 Å². The Morgan fingerprint density at radius 1 is 1.02 bits per heavy atom. The van der Waals surface area contributed by atoms with Gasteiger partial charge in [-0.2, -0.15) is 8.42 Å². The zero-order valence-electron chi connectivity index (χ0n) is 21.6. The van der Waals surface area contributed by atoms with Crippen LogP contribution in [0.15, 0.2) is 68.3 Å². The van der Waals surface area contributed by atoms with Crippen LogP contribution in [0.25, 0.3) is 0 Å². The number of rotatable bonds is 12. The van der Waals surface area contributed by atoms with E-state index in [1.54, 1.807) is 43.3 Å². The maximum Gasteiger partial charge on any atom is 0.286 e. The van der Waals surface area contributed by atoms with E-state index in [2.05, 4.69) is 25.2 Å². The molecule has 4 rings (SSSR count). The summed E-state index contributed by atoms with van der Waals surface area (Å²) in [6, 6.07) is 11.7. The number of carbonyl (C=O) groups excluding carboxylic acids is 2. The van der Waals surface area contributed by atoms with Crippen molar-refractivity contribution in [3.63, 3.8) is 0 Å². The van der Waals surface area contributed by atoms with Crippen molar-refractivity contribution >= 4 is 37.4 Å². The van der Waals surface area contributed by atoms with E-state index in [0.717, 1.165) is 0 Å². The first-order valence-electron chi connectivity index (χ1n) is 12.1. The number of fused-ring (bicyclic) bond motifs is 1. The fourth-order valence-electron chi connectivity index (χ4n) is 4.01. The zero-order chi connectivity index (χ0) is 28.9. The second kappa shape index (κ2) is 12.1. The minimum Gasteiger partial charge on any atom is -0.416 e. The van der Waals surface area contributed by atoms with E-state index in [4.69, 9.17) is 9.15 Å². The molecule has 0 unspecified atom stereocenters. The minimum atomic E-state index is -4.05. The number of sulfone groups is 1. The second-order valence-corrected chi connectivity index (χ2v) is 12.6. The van der Waals surface area contributed by atoms with Crippen molar-refractivity contribution in [3.8, 4) is 0 Å². The molecule has 0 saturated heterocycles. The first-order chi connectivity index (χ1) is 19.0. The van der Waals surface area contributed by atoms with E-state index in [9.17, 15) is 26.4 Å². The lowest BCUT2D eigenvalue weighted by Gasteiger charge is -2.22. The smallest absolute Gasteiger partial charge is 0.286 e. The van der Waals surface area contributed by atoms with Crippen LogP contribution in [0.4, 0.5) is 0 Å². The molecule has 13 nitrogen and oxygen atoms in total. The lowest BCUT2D eigenvalue weighted by molar-refractivity contribution is -0.122. The Morgan fingerprint density at radius 3 is 2.42 bits per heavy atom. The maximum atomic E-state index is 13.5. The van der Waals surface area contributed by atoms with Gasteiger partial charge in [0.05, 0.1) is 17.5 Å². The van der Waals surface area contributed by atoms with E-state index in [-0.39, 0.29) is 46.9 Å². The van der Waals surface area contributed by atoms with Gasteiger partial charge < -0.3 is 19.8 Å². The number of benzene rings is 2. The third-order valence-corrected chi connectivity index (χ3v) is 8.84. The summed E-state index contributed by atoms with van der Waals surface area (Å²) in [6.07, 6.45) is 0.119. The van der Waals surface area contributed by atoms with Gasteiger partial charge in [-0.25, -0.2) is 8.42 Å². The number of ketones is 1. The van der Waals surface area contributed by atoms with Crippen molar-refractivity contribution < 1.29 is 35.6 Å². The van der Waals surface area contributed by atoms with Crippen LogP contribution in [0.3, 0.4) is 0 Å². The number of nitrogens with one attached hydrogen (secondary N) is 2. The summed E-state index contributed by atoms with van der Waals surface area (Å²) in [7, 11) is -6.54. The van der Waals surface area contributed by atoms with Gasteiger partial charge in [0, 0.05) is 12.7 Å². The average molecular weight is 590 g/mol. The molecule has 3 aromatic rings. The van der Waals surface area contributed by atoms with Gasteiger partial charge >= 0.3 is 0 Å². The lowest BCUT2D eigenvalue weighted by Crippen LogP contribution is -2.54. The number of ether oxygens (including phenoxy) is 1. The van der Waals surface area contributed by atoms with Crippen LogP contribution in [0.1, 0.15) is 41.0 Å². The number of nitrogens with zero attached hydrogens (tertiary/aromatic N) is 3. The summed E-state index contributed by atoms with van der Waals surface area (Å²) < 4.78 is 65.3. The van der Waals surface area contributed by atoms with Crippen LogP contribution >= 0.6 is 0 Å². The first kappa shape index (κ1) is 29.0. The number of hydrogen-bond acceptors (Lipinski definition) is 11. The molecule has 2 aromatic carbocycles. The molecule has 0 radical (unpaired) electrons. The summed E-state index contributed by atoms with van der Waals surface area (Å²) in [5.74, 6) is -3.07. The molecule has 0 fully saturated rings. The molecule has 1 aliphatic rings. The molecule has 212 valence electrons. The molecule has 40 heavy (non-hydrogen) atoms. The van der Waals surface area contributed by atoms with Crippen molar-refractivity contribution in [3.05, 3.63) is 77.5 Å². The largest absolute Gasteiger partial charge is 0.416 e. The number of aromatic nitrogens is 2. The molecular weight excluding hydrogens is 562 g/mol. The number of Topliss-reactive ketones (excluding diaryl/α,β-unsaturated/α-hetero) is 1. The van der Waals surface area contributed by atoms with Gasteiger partial charge in [-0.15, -0.1) is 14.6 Å². The van der Waals surface area contributed by atoms with Gasteiger partial charge in [-0.05, 0) is 24.1 Å². The number of methoxy groups -OCH3 is 1. The topological polar surface area (TPSA) is 187 Å². The summed E-state index contributed by atoms with van der Waals surface area (Å²) in [4.78, 5) is 26.4. The summed E-state index contributed by atoms with van der Waals surface area (Å²) in [5, 5.41) is 12.6. The number of hydrogen-bond donors (Lipinski definition) is 2. The lowest BCUT2D eigenvalue weighted by atomic mass is 10.1. The number of carbonyl (C=O) groups is 2. The zero-order valence-corrected chi connectivity index (χ0v) is 23.2. The molecule has 1 amide bonds. The standard InChI is InChI=1S/C25H27N5O8S2/c1-3-18(22(31)25-29-28-21(38-25)13-37-2)27-24(32)19(15-39(33,34)14-16-9-5-4-6-10-16)26-23-17-11-7-8-12-20(17)40(35,36)30-23/h4-12,18-19H,3,13-15H2,1-2H3,(H,26,30)(H,27,32)/t18-,19-/m0/s1. The van der Waals surface area contributed by atoms with Crippen LogP contribution in [0.5, 0.6) is 0 Å². The van der Waals surface area contributed by atoms with Crippen LogP contribution in [0, 0.1) is 0 Å². The molecule has 2 N–H and O–H groups in total. The number of amides is 1. The third-order valence-electron chi connectivity index (χ3n) is 5.90. The van der Waals surface area contributed by atoms with Gasteiger partial charge in [0.25, 0.3) is 15.9 Å². The Balaban J connectivity index is 1.60. The van der Waals surface area contributed by atoms with Gasteiger partial charge in [0.2, 0.25) is 17.6 Å². The molecular formula is C25H27N5O8S2. The van der Waals surface area contributed by atoms with Crippen LogP contribution < -0.4 is 10.6 Å². The highest BCUT2D eigenvalue weighted by Gasteiger charge is 2.35. The molecule has 0 bridgehead atoms. The van der Waals surface area contributed by atoms with Crippen molar-refractivity contribution in [1.29, 1.82) is 0 Å². The average Bonchev–Trinajstić information content (AvgIpc) is 3.49. The maximum absolute atomic E-state index is 13.5.